The van der Waals surface area contributed by atoms with E-state index in [2.05, 4.69) is 15.3 Å². The Morgan fingerprint density at radius 2 is 2.15 bits per heavy atom. The number of nitrogens with two attached hydrogens (primary N) is 1. The van der Waals surface area contributed by atoms with Gasteiger partial charge in [0.05, 0.1) is 7.05 Å². The first kappa shape index (κ1) is 16.6. The highest BCUT2D eigenvalue weighted by Gasteiger charge is 2.22. The van der Waals surface area contributed by atoms with E-state index in [1.807, 2.05) is 6.07 Å². The number of hydrogen-bond donors (Lipinski definition) is 2. The molecule has 0 saturated carbocycles. The second-order valence-corrected chi connectivity index (χ2v) is 6.13. The molecule has 0 bridgehead atoms. The lowest BCUT2D eigenvalue weighted by atomic mass is 10.1. The summed E-state index contributed by atoms with van der Waals surface area (Å²) in [5.74, 6) is -0.134. The van der Waals surface area contributed by atoms with E-state index >= 15 is 0 Å². The van der Waals surface area contributed by atoms with Crippen LogP contribution in [0.15, 0.2) is 59.8 Å². The zero-order chi connectivity index (χ0) is 19.0. The average Bonchev–Trinajstić information content (AvgIpc) is 2.70. The molecule has 8 nitrogen and oxygen atoms in total. The summed E-state index contributed by atoms with van der Waals surface area (Å²) in [5.41, 5.74) is 7.92. The van der Waals surface area contributed by atoms with Gasteiger partial charge in [-0.2, -0.15) is 0 Å². The summed E-state index contributed by atoms with van der Waals surface area (Å²) in [5, 5.41) is 3.12. The van der Waals surface area contributed by atoms with Crippen LogP contribution in [-0.2, 0) is 13.6 Å². The molecule has 0 aromatic carbocycles. The molecular weight excluding hydrogens is 344 g/mol. The SMILES string of the molecule is C[n+]1c(N)c(C(=O)NCc2cccnc2)cc2c(=O)n3ccccc3nc21. The van der Waals surface area contributed by atoms with Gasteiger partial charge in [0, 0.05) is 25.1 Å². The number of aromatic nitrogens is 4. The lowest BCUT2D eigenvalue weighted by molar-refractivity contribution is -0.632. The van der Waals surface area contributed by atoms with Crippen LogP contribution in [0.2, 0.25) is 0 Å². The van der Waals surface area contributed by atoms with Crippen molar-refractivity contribution < 1.29 is 9.36 Å². The number of carbonyl (C=O) groups excluding carboxylic acids is 1. The third kappa shape index (κ3) is 2.86. The molecule has 3 N–H and O–H groups in total. The van der Waals surface area contributed by atoms with E-state index in [1.165, 1.54) is 10.5 Å². The molecule has 0 atom stereocenters. The largest absolute Gasteiger partial charge is 0.348 e. The lowest BCUT2D eigenvalue weighted by Gasteiger charge is -2.09. The summed E-state index contributed by atoms with van der Waals surface area (Å²) in [4.78, 5) is 34.0. The van der Waals surface area contributed by atoms with Gasteiger partial charge in [0.1, 0.15) is 10.9 Å². The van der Waals surface area contributed by atoms with Crippen molar-refractivity contribution in [1.82, 2.24) is 19.7 Å². The van der Waals surface area contributed by atoms with Crippen molar-refractivity contribution in [2.24, 2.45) is 7.05 Å². The van der Waals surface area contributed by atoms with Crippen LogP contribution in [0.1, 0.15) is 15.9 Å². The van der Waals surface area contributed by atoms with E-state index < -0.39 is 0 Å². The van der Waals surface area contributed by atoms with E-state index in [4.69, 9.17) is 5.73 Å². The predicted octanol–water partition coefficient (Wildman–Crippen LogP) is 0.579. The van der Waals surface area contributed by atoms with Crippen LogP contribution in [0.5, 0.6) is 0 Å². The Balaban J connectivity index is 1.80. The molecule has 0 aliphatic carbocycles. The number of carbonyl (C=O) groups is 1. The fraction of sp³-hybridized carbons (Fsp3) is 0.105. The molecule has 0 saturated heterocycles. The minimum atomic E-state index is -0.369. The minimum absolute atomic E-state index is 0.226. The molecule has 4 heterocycles. The fourth-order valence-corrected chi connectivity index (χ4v) is 2.95. The quantitative estimate of drug-likeness (QED) is 0.410. The number of rotatable bonds is 3. The zero-order valence-corrected chi connectivity index (χ0v) is 14.6. The first-order valence-electron chi connectivity index (χ1n) is 8.33. The Morgan fingerprint density at radius 3 is 2.93 bits per heavy atom. The van der Waals surface area contributed by atoms with Crippen LogP contribution in [0, 0.1) is 0 Å². The topological polar surface area (TPSA) is 106 Å². The standard InChI is InChI=1S/C19H16N6O2/c1-24-16(20)13(18(26)22-11-12-5-4-7-21-10-12)9-14-17(24)23-15-6-2-3-8-25(15)19(14)27/h2-10,20H,11H2,1H3,(H,22,26)/p+1. The molecule has 0 aliphatic heterocycles. The van der Waals surface area contributed by atoms with Crippen LogP contribution < -0.4 is 21.2 Å². The van der Waals surface area contributed by atoms with Crippen LogP contribution in [0.25, 0.3) is 16.7 Å². The summed E-state index contributed by atoms with van der Waals surface area (Å²) in [6.45, 7) is 0.308. The molecule has 27 heavy (non-hydrogen) atoms. The predicted molar refractivity (Wildman–Crippen MR) is 100.0 cm³/mol. The number of anilines is 1. The van der Waals surface area contributed by atoms with E-state index in [0.29, 0.717) is 23.2 Å². The highest BCUT2D eigenvalue weighted by Crippen LogP contribution is 2.14. The van der Waals surface area contributed by atoms with Crippen molar-refractivity contribution in [1.29, 1.82) is 0 Å². The first-order valence-corrected chi connectivity index (χ1v) is 8.33. The fourth-order valence-electron chi connectivity index (χ4n) is 2.95. The van der Waals surface area contributed by atoms with Crippen LogP contribution in [-0.4, -0.2) is 20.3 Å². The van der Waals surface area contributed by atoms with Gasteiger partial charge in [0.25, 0.3) is 17.1 Å². The normalized spacial score (nSPS) is 11.0. The average molecular weight is 361 g/mol. The molecule has 0 unspecified atom stereocenters. The molecule has 0 radical (unpaired) electrons. The molecule has 1 amide bonds. The summed E-state index contributed by atoms with van der Waals surface area (Å²) >= 11 is 0. The number of amides is 1. The first-order chi connectivity index (χ1) is 13.1. The van der Waals surface area contributed by atoms with Crippen LogP contribution in [0.3, 0.4) is 0 Å². The van der Waals surface area contributed by atoms with Gasteiger partial charge in [-0.05, 0) is 29.8 Å². The smallest absolute Gasteiger partial charge is 0.278 e. The lowest BCUT2D eigenvalue weighted by Crippen LogP contribution is -2.39. The van der Waals surface area contributed by atoms with E-state index in [9.17, 15) is 9.59 Å². The number of nitrogens with one attached hydrogen (secondary N) is 1. The third-order valence-corrected chi connectivity index (χ3v) is 4.41. The van der Waals surface area contributed by atoms with Gasteiger partial charge in [0.2, 0.25) is 11.5 Å². The van der Waals surface area contributed by atoms with Gasteiger partial charge in [-0.15, -0.1) is 0 Å². The number of aryl methyl sites for hydroxylation is 1. The van der Waals surface area contributed by atoms with Gasteiger partial charge in [0.15, 0.2) is 0 Å². The number of nitrogens with zero attached hydrogens (tertiary/aromatic N) is 4. The van der Waals surface area contributed by atoms with Crippen molar-refractivity contribution in [3.05, 3.63) is 76.5 Å². The molecule has 4 aromatic rings. The molecule has 4 aromatic heterocycles. The second kappa shape index (κ2) is 6.49. The van der Waals surface area contributed by atoms with E-state index in [0.717, 1.165) is 5.56 Å². The zero-order valence-electron chi connectivity index (χ0n) is 14.6. The van der Waals surface area contributed by atoms with Gasteiger partial charge in [-0.25, -0.2) is 4.57 Å². The molecule has 8 heteroatoms. The van der Waals surface area contributed by atoms with Gasteiger partial charge in [-0.1, -0.05) is 17.1 Å². The Bertz CT molecular complexity index is 1230. The molecule has 0 aliphatic rings. The molecule has 4 rings (SSSR count). The minimum Gasteiger partial charge on any atom is -0.348 e. The van der Waals surface area contributed by atoms with E-state index in [1.54, 1.807) is 54.5 Å². The number of hydrogen-bond acceptors (Lipinski definition) is 5. The number of fused-ring (bicyclic) bond motifs is 2. The summed E-state index contributed by atoms with van der Waals surface area (Å²) in [7, 11) is 1.68. The monoisotopic (exact) mass is 361 g/mol. The second-order valence-electron chi connectivity index (χ2n) is 6.13. The molecular formula is C19H17N6O2+. The van der Waals surface area contributed by atoms with Crippen molar-refractivity contribution in [3.8, 4) is 0 Å². The van der Waals surface area contributed by atoms with Gasteiger partial charge in [-0.3, -0.25) is 19.0 Å². The maximum atomic E-state index is 12.8. The van der Waals surface area contributed by atoms with E-state index in [-0.39, 0.29) is 22.8 Å². The van der Waals surface area contributed by atoms with Crippen molar-refractivity contribution in [2.45, 2.75) is 6.54 Å². The maximum Gasteiger partial charge on any atom is 0.278 e. The molecule has 0 spiro atoms. The summed E-state index contributed by atoms with van der Waals surface area (Å²) in [6, 6.07) is 10.4. The molecule has 0 fully saturated rings. The maximum absolute atomic E-state index is 12.8. The van der Waals surface area contributed by atoms with Crippen molar-refractivity contribution in [3.63, 3.8) is 0 Å². The highest BCUT2D eigenvalue weighted by atomic mass is 16.1. The Labute approximate surface area is 153 Å². The Morgan fingerprint density at radius 1 is 1.30 bits per heavy atom. The number of nitrogen functional groups attached to an aromatic ring is 1. The van der Waals surface area contributed by atoms with Crippen molar-refractivity contribution in [2.75, 3.05) is 5.73 Å². The van der Waals surface area contributed by atoms with Crippen molar-refractivity contribution >= 4 is 28.4 Å². The Kier molecular flexibility index (Phi) is 4.00. The summed E-state index contributed by atoms with van der Waals surface area (Å²) < 4.78 is 3.00. The molecule has 134 valence electrons. The van der Waals surface area contributed by atoms with Gasteiger partial charge < -0.3 is 11.1 Å². The van der Waals surface area contributed by atoms with Crippen LogP contribution >= 0.6 is 0 Å². The summed E-state index contributed by atoms with van der Waals surface area (Å²) in [6.07, 6.45) is 4.98. The third-order valence-electron chi connectivity index (χ3n) is 4.41. The highest BCUT2D eigenvalue weighted by molar-refractivity contribution is 6.00. The van der Waals surface area contributed by atoms with Crippen LogP contribution in [0.4, 0.5) is 5.82 Å². The number of pyridine rings is 3. The Hall–Kier alpha value is -3.81. The van der Waals surface area contributed by atoms with Gasteiger partial charge >= 0.3 is 0 Å².